The molecule has 0 saturated carbocycles. The minimum Gasteiger partial charge on any atom is -0.494 e. The highest BCUT2D eigenvalue weighted by Gasteiger charge is 2.39. The lowest BCUT2D eigenvalue weighted by atomic mass is 9.94. The first-order chi connectivity index (χ1) is 20.3. The molecule has 1 aliphatic rings. The number of pyridine rings is 1. The Morgan fingerprint density at radius 1 is 0.814 bits per heavy atom. The van der Waals surface area contributed by atoms with E-state index >= 15 is 0 Å². The van der Waals surface area contributed by atoms with Crippen LogP contribution in [0.3, 0.4) is 0 Å². The third-order valence-corrected chi connectivity index (χ3v) is 5.84. The SMILES string of the molecule is CC1=C(C(=O)OCCO)C(=O)N(CC(=O)O)C(=O)C1=CC=CC=Cc1c(C)c(C(=O)OCCO)c(O)n(CC(=O)O)c1=O. The fourth-order valence-corrected chi connectivity index (χ4v) is 3.89. The number of nitrogens with zero attached hydrogens (tertiary/aromatic N) is 2. The molecule has 0 fully saturated rings. The number of hydrogen-bond acceptors (Lipinski definition) is 12. The third kappa shape index (κ3) is 7.90. The molecule has 0 spiro atoms. The smallest absolute Gasteiger partial charge is 0.344 e. The Hall–Kier alpha value is -5.35. The predicted molar refractivity (Wildman–Crippen MR) is 143 cm³/mol. The van der Waals surface area contributed by atoms with Crippen LogP contribution >= 0.6 is 0 Å². The van der Waals surface area contributed by atoms with E-state index in [1.54, 1.807) is 0 Å². The molecule has 2 heterocycles. The summed E-state index contributed by atoms with van der Waals surface area (Å²) in [6.45, 7) is -1.43. The van der Waals surface area contributed by atoms with Gasteiger partial charge in [0.1, 0.15) is 37.4 Å². The van der Waals surface area contributed by atoms with E-state index in [0.717, 1.165) is 6.08 Å². The van der Waals surface area contributed by atoms with Gasteiger partial charge >= 0.3 is 23.9 Å². The highest BCUT2D eigenvalue weighted by molar-refractivity contribution is 6.27. The number of carboxylic acid groups (broad SMARTS) is 2. The summed E-state index contributed by atoms with van der Waals surface area (Å²) >= 11 is 0. The van der Waals surface area contributed by atoms with E-state index in [-0.39, 0.29) is 22.3 Å². The molecule has 0 aliphatic carbocycles. The molecule has 0 radical (unpaired) electrons. The van der Waals surface area contributed by atoms with E-state index < -0.39 is 97.8 Å². The molecule has 1 aromatic heterocycles. The second kappa shape index (κ2) is 15.0. The van der Waals surface area contributed by atoms with Gasteiger partial charge in [-0.15, -0.1) is 0 Å². The van der Waals surface area contributed by atoms with Gasteiger partial charge in [-0.25, -0.2) is 9.59 Å². The molecule has 0 bridgehead atoms. The number of carbonyl (C=O) groups excluding carboxylic acids is 4. The van der Waals surface area contributed by atoms with Gasteiger partial charge in [0.15, 0.2) is 0 Å². The van der Waals surface area contributed by atoms with E-state index in [1.807, 2.05) is 0 Å². The Bertz CT molecular complexity index is 1530. The maximum absolute atomic E-state index is 12.9. The molecule has 5 N–H and O–H groups in total. The van der Waals surface area contributed by atoms with Gasteiger partial charge in [0.25, 0.3) is 17.4 Å². The van der Waals surface area contributed by atoms with Gasteiger partial charge < -0.3 is 35.0 Å². The van der Waals surface area contributed by atoms with Crippen molar-refractivity contribution in [2.75, 3.05) is 33.0 Å². The van der Waals surface area contributed by atoms with Crippen molar-refractivity contribution in [1.82, 2.24) is 9.47 Å². The second-order valence-corrected chi connectivity index (χ2v) is 8.66. The lowest BCUT2D eigenvalue weighted by Gasteiger charge is -2.27. The first-order valence-electron chi connectivity index (χ1n) is 12.4. The number of aromatic nitrogens is 1. The number of amides is 2. The van der Waals surface area contributed by atoms with Gasteiger partial charge in [-0.05, 0) is 37.1 Å². The van der Waals surface area contributed by atoms with Crippen LogP contribution in [0.15, 0.2) is 45.8 Å². The normalized spacial score (nSPS) is 14.7. The molecule has 0 aromatic carbocycles. The Kier molecular flexibility index (Phi) is 11.8. The van der Waals surface area contributed by atoms with Gasteiger partial charge in [-0.1, -0.05) is 18.2 Å². The number of aromatic hydroxyl groups is 1. The van der Waals surface area contributed by atoms with Crippen LogP contribution in [-0.2, 0) is 40.0 Å². The number of carboxylic acids is 2. The van der Waals surface area contributed by atoms with Crippen molar-refractivity contribution < 1.29 is 63.8 Å². The van der Waals surface area contributed by atoms with Crippen molar-refractivity contribution in [3.63, 3.8) is 0 Å². The van der Waals surface area contributed by atoms with E-state index in [1.165, 1.54) is 38.2 Å². The van der Waals surface area contributed by atoms with Gasteiger partial charge in [-0.2, -0.15) is 0 Å². The fraction of sp³-hybridized carbons (Fsp3) is 0.296. The summed E-state index contributed by atoms with van der Waals surface area (Å²) in [4.78, 5) is 86.3. The molecule has 2 amide bonds. The summed E-state index contributed by atoms with van der Waals surface area (Å²) in [6, 6.07) is 0. The number of aliphatic hydroxyl groups is 2. The largest absolute Gasteiger partial charge is 0.494 e. The molecule has 16 nitrogen and oxygen atoms in total. The molecule has 16 heteroatoms. The Morgan fingerprint density at radius 2 is 1.40 bits per heavy atom. The van der Waals surface area contributed by atoms with Crippen LogP contribution in [-0.4, -0.2) is 104 Å². The van der Waals surface area contributed by atoms with E-state index in [4.69, 9.17) is 29.9 Å². The van der Waals surface area contributed by atoms with Crippen LogP contribution in [0.25, 0.3) is 6.08 Å². The van der Waals surface area contributed by atoms with Crippen molar-refractivity contribution >= 4 is 41.8 Å². The van der Waals surface area contributed by atoms with Crippen molar-refractivity contribution in [3.05, 3.63) is 68.1 Å². The standard InChI is InChI=1S/C27H28N2O14/c1-14-16(22(36)28(12-18(32)33)24(38)20(14)26(40)42-10-8-30)6-4-3-5-7-17-15(2)21(27(41)43-11-9-31)25(39)29(23(17)37)13-19(34)35/h3-7,30-31,38H,8-13H2,1-2H3,(H,32,33)(H,34,35). The number of ether oxygens (including phenoxy) is 2. The topological polar surface area (TPSA) is 247 Å². The zero-order chi connectivity index (χ0) is 32.4. The van der Waals surface area contributed by atoms with Gasteiger partial charge in [0.05, 0.1) is 13.2 Å². The Labute approximate surface area is 242 Å². The monoisotopic (exact) mass is 604 g/mol. The van der Waals surface area contributed by atoms with Crippen molar-refractivity contribution in [2.45, 2.75) is 20.4 Å². The number of esters is 2. The number of hydrogen-bond donors (Lipinski definition) is 5. The average Bonchev–Trinajstić information content (AvgIpc) is 2.93. The maximum Gasteiger partial charge on any atom is 0.344 e. The van der Waals surface area contributed by atoms with Crippen molar-refractivity contribution in [1.29, 1.82) is 0 Å². The van der Waals surface area contributed by atoms with Crippen LogP contribution in [0, 0.1) is 6.92 Å². The quantitative estimate of drug-likeness (QED) is 0.0590. The lowest BCUT2D eigenvalue weighted by Crippen LogP contribution is -2.47. The van der Waals surface area contributed by atoms with Crippen LogP contribution in [0.1, 0.15) is 28.4 Å². The summed E-state index contributed by atoms with van der Waals surface area (Å²) in [7, 11) is 0. The molecule has 43 heavy (non-hydrogen) atoms. The molecule has 230 valence electrons. The van der Waals surface area contributed by atoms with Gasteiger partial charge in [0, 0.05) is 11.1 Å². The van der Waals surface area contributed by atoms with Gasteiger partial charge in [-0.3, -0.25) is 33.4 Å². The van der Waals surface area contributed by atoms with Crippen LogP contribution in [0.5, 0.6) is 5.88 Å². The van der Waals surface area contributed by atoms with Crippen molar-refractivity contribution in [2.24, 2.45) is 0 Å². The molecule has 0 saturated heterocycles. The summed E-state index contributed by atoms with van der Waals surface area (Å²) in [5, 5.41) is 46.5. The molecule has 1 aliphatic heterocycles. The molecule has 2 rings (SSSR count). The molecular formula is C27H28N2O14. The first kappa shape index (κ1) is 33.9. The zero-order valence-electron chi connectivity index (χ0n) is 22.9. The summed E-state index contributed by atoms with van der Waals surface area (Å²) < 4.78 is 10.0. The minimum absolute atomic E-state index is 0.0647. The highest BCUT2D eigenvalue weighted by Crippen LogP contribution is 2.27. The number of aliphatic carboxylic acids is 2. The maximum atomic E-state index is 12.9. The molecule has 1 aromatic rings. The predicted octanol–water partition coefficient (Wildman–Crippen LogP) is -1.10. The minimum atomic E-state index is -1.53. The van der Waals surface area contributed by atoms with Crippen molar-refractivity contribution in [3.8, 4) is 5.88 Å². The number of rotatable bonds is 13. The summed E-state index contributed by atoms with van der Waals surface area (Å²) in [6.07, 6.45) is 6.13. The molecule has 0 unspecified atom stereocenters. The van der Waals surface area contributed by atoms with Gasteiger partial charge in [0.2, 0.25) is 5.88 Å². The third-order valence-electron chi connectivity index (χ3n) is 5.84. The summed E-state index contributed by atoms with van der Waals surface area (Å²) in [5.41, 5.74) is -2.70. The first-order valence-corrected chi connectivity index (χ1v) is 12.4. The Balaban J connectivity index is 2.56. The average molecular weight is 605 g/mol. The summed E-state index contributed by atoms with van der Waals surface area (Å²) in [5.74, 6) is -8.48. The van der Waals surface area contributed by atoms with E-state index in [0.29, 0.717) is 9.47 Å². The van der Waals surface area contributed by atoms with Crippen LogP contribution in [0.4, 0.5) is 0 Å². The molecular weight excluding hydrogens is 576 g/mol. The van der Waals surface area contributed by atoms with Crippen LogP contribution in [0.2, 0.25) is 0 Å². The fourth-order valence-electron chi connectivity index (χ4n) is 3.89. The number of carbonyl (C=O) groups is 6. The Morgan fingerprint density at radius 3 is 1.95 bits per heavy atom. The zero-order valence-corrected chi connectivity index (χ0v) is 22.9. The number of allylic oxidation sites excluding steroid dienone is 4. The lowest BCUT2D eigenvalue weighted by molar-refractivity contribution is -0.152. The van der Waals surface area contributed by atoms with E-state index in [9.17, 15) is 38.7 Å². The second-order valence-electron chi connectivity index (χ2n) is 8.66. The number of aliphatic hydroxyl groups excluding tert-OH is 2. The highest BCUT2D eigenvalue weighted by atomic mass is 16.5. The number of imide groups is 1. The van der Waals surface area contributed by atoms with E-state index in [2.05, 4.69) is 0 Å². The van der Waals surface area contributed by atoms with Crippen LogP contribution < -0.4 is 5.56 Å². The molecule has 0 atom stereocenters.